The number of ether oxygens (including phenoxy) is 1. The molecule has 1 atom stereocenters. The zero-order chi connectivity index (χ0) is 19.7. The van der Waals surface area contributed by atoms with Gasteiger partial charge in [-0.1, -0.05) is 0 Å². The van der Waals surface area contributed by atoms with Gasteiger partial charge in [-0.15, -0.1) is 0 Å². The Morgan fingerprint density at radius 1 is 1.25 bits per heavy atom. The molecule has 144 valence electrons. The van der Waals surface area contributed by atoms with Crippen molar-refractivity contribution in [3.63, 3.8) is 0 Å². The molecule has 4 rings (SSSR count). The summed E-state index contributed by atoms with van der Waals surface area (Å²) in [6, 6.07) is 11.1. The van der Waals surface area contributed by atoms with Crippen molar-refractivity contribution in [2.24, 2.45) is 5.92 Å². The van der Waals surface area contributed by atoms with Crippen molar-refractivity contribution in [3.8, 4) is 5.75 Å². The molecule has 1 saturated heterocycles. The second-order valence-corrected chi connectivity index (χ2v) is 7.58. The highest BCUT2D eigenvalue weighted by Crippen LogP contribution is 2.27. The van der Waals surface area contributed by atoms with Crippen molar-refractivity contribution in [3.05, 3.63) is 59.0 Å². The molecule has 1 unspecified atom stereocenters. The van der Waals surface area contributed by atoms with Crippen LogP contribution in [0.4, 0.5) is 5.69 Å². The average molecular weight is 443 g/mol. The van der Waals surface area contributed by atoms with E-state index in [0.717, 1.165) is 27.3 Å². The molecule has 0 aliphatic carbocycles. The third-order valence-electron chi connectivity index (χ3n) is 4.79. The summed E-state index contributed by atoms with van der Waals surface area (Å²) in [4.78, 5) is 31.1. The molecule has 28 heavy (non-hydrogen) atoms. The molecule has 1 N–H and O–H groups in total. The lowest BCUT2D eigenvalue weighted by Crippen LogP contribution is -2.32. The number of anilines is 1. The van der Waals surface area contributed by atoms with Crippen LogP contribution in [0.25, 0.3) is 5.65 Å². The maximum absolute atomic E-state index is 12.6. The van der Waals surface area contributed by atoms with Crippen LogP contribution >= 0.6 is 15.9 Å². The second-order valence-electron chi connectivity index (χ2n) is 6.67. The first kappa shape index (κ1) is 18.5. The second kappa shape index (κ2) is 7.63. The summed E-state index contributed by atoms with van der Waals surface area (Å²) in [6.07, 6.45) is 4.00. The van der Waals surface area contributed by atoms with E-state index < -0.39 is 0 Å². The molecule has 1 aliphatic heterocycles. The number of halogens is 1. The zero-order valence-corrected chi connectivity index (χ0v) is 16.8. The molecule has 3 heterocycles. The fourth-order valence-electron chi connectivity index (χ4n) is 3.32. The van der Waals surface area contributed by atoms with Gasteiger partial charge in [0.1, 0.15) is 11.4 Å². The SMILES string of the molecule is COc1ccc(N2CC(C(=O)NCc3cn4cc(Br)ccc4n3)CC2=O)cc1. The summed E-state index contributed by atoms with van der Waals surface area (Å²) in [5.41, 5.74) is 2.35. The van der Waals surface area contributed by atoms with Crippen LogP contribution in [0.2, 0.25) is 0 Å². The number of nitrogens with zero attached hydrogens (tertiary/aromatic N) is 3. The van der Waals surface area contributed by atoms with Crippen molar-refractivity contribution in [1.82, 2.24) is 14.7 Å². The van der Waals surface area contributed by atoms with E-state index in [2.05, 4.69) is 26.2 Å². The number of hydrogen-bond donors (Lipinski definition) is 1. The molecule has 8 heteroatoms. The maximum Gasteiger partial charge on any atom is 0.227 e. The zero-order valence-electron chi connectivity index (χ0n) is 15.3. The minimum Gasteiger partial charge on any atom is -0.497 e. The van der Waals surface area contributed by atoms with Gasteiger partial charge in [0.15, 0.2) is 0 Å². The molecule has 1 aromatic carbocycles. The number of imidazole rings is 1. The Morgan fingerprint density at radius 2 is 2.04 bits per heavy atom. The van der Waals surface area contributed by atoms with E-state index in [1.165, 1.54) is 0 Å². The number of amides is 2. The topological polar surface area (TPSA) is 75.9 Å². The number of benzene rings is 1. The molecule has 1 aliphatic rings. The van der Waals surface area contributed by atoms with E-state index in [4.69, 9.17) is 4.74 Å². The lowest BCUT2D eigenvalue weighted by molar-refractivity contribution is -0.126. The number of methoxy groups -OCH3 is 1. The molecule has 1 fully saturated rings. The van der Waals surface area contributed by atoms with Crippen LogP contribution in [0.5, 0.6) is 5.75 Å². The maximum atomic E-state index is 12.6. The number of aromatic nitrogens is 2. The summed E-state index contributed by atoms with van der Waals surface area (Å²) in [5.74, 6) is 0.162. The fourth-order valence-corrected chi connectivity index (χ4v) is 3.67. The Kier molecular flexibility index (Phi) is 5.04. The lowest BCUT2D eigenvalue weighted by atomic mass is 10.1. The minimum atomic E-state index is -0.374. The molecule has 3 aromatic rings. The molecular weight excluding hydrogens is 424 g/mol. The number of hydrogen-bond acceptors (Lipinski definition) is 4. The largest absolute Gasteiger partial charge is 0.497 e. The van der Waals surface area contributed by atoms with Gasteiger partial charge in [-0.25, -0.2) is 4.98 Å². The number of carbonyl (C=O) groups excluding carboxylic acids is 2. The number of nitrogens with one attached hydrogen (secondary N) is 1. The Hall–Kier alpha value is -2.87. The van der Waals surface area contributed by atoms with E-state index in [0.29, 0.717) is 13.1 Å². The van der Waals surface area contributed by atoms with Crippen LogP contribution in [0.3, 0.4) is 0 Å². The number of pyridine rings is 1. The molecular formula is C20H19BrN4O3. The lowest BCUT2D eigenvalue weighted by Gasteiger charge is -2.17. The van der Waals surface area contributed by atoms with Gasteiger partial charge < -0.3 is 19.4 Å². The smallest absolute Gasteiger partial charge is 0.227 e. The van der Waals surface area contributed by atoms with Gasteiger partial charge in [-0.3, -0.25) is 9.59 Å². The Balaban J connectivity index is 1.38. The molecule has 0 saturated carbocycles. The first-order valence-electron chi connectivity index (χ1n) is 8.89. The Bertz CT molecular complexity index is 1030. The Labute approximate surface area is 170 Å². The molecule has 7 nitrogen and oxygen atoms in total. The minimum absolute atomic E-state index is 0.0529. The summed E-state index contributed by atoms with van der Waals surface area (Å²) in [7, 11) is 1.60. The van der Waals surface area contributed by atoms with Gasteiger partial charge in [0.05, 0.1) is 25.3 Å². The van der Waals surface area contributed by atoms with E-state index in [9.17, 15) is 9.59 Å². The number of fused-ring (bicyclic) bond motifs is 1. The van der Waals surface area contributed by atoms with E-state index >= 15 is 0 Å². The molecule has 2 aromatic heterocycles. The van der Waals surface area contributed by atoms with Gasteiger partial charge in [-0.05, 0) is 52.3 Å². The normalized spacial score (nSPS) is 16.6. The summed E-state index contributed by atoms with van der Waals surface area (Å²) in [5, 5.41) is 2.90. The molecule has 0 spiro atoms. The van der Waals surface area contributed by atoms with Gasteiger partial charge in [0, 0.05) is 35.5 Å². The highest BCUT2D eigenvalue weighted by atomic mass is 79.9. The summed E-state index contributed by atoms with van der Waals surface area (Å²) < 4.78 is 8.00. The first-order valence-corrected chi connectivity index (χ1v) is 9.68. The van der Waals surface area contributed by atoms with Gasteiger partial charge in [-0.2, -0.15) is 0 Å². The van der Waals surface area contributed by atoms with Crippen molar-refractivity contribution < 1.29 is 14.3 Å². The third-order valence-corrected chi connectivity index (χ3v) is 5.26. The summed E-state index contributed by atoms with van der Waals surface area (Å²) in [6.45, 7) is 0.695. The van der Waals surface area contributed by atoms with E-state index in [1.54, 1.807) is 24.1 Å². The molecule has 0 bridgehead atoms. The summed E-state index contributed by atoms with van der Waals surface area (Å²) >= 11 is 3.43. The van der Waals surface area contributed by atoms with Crippen molar-refractivity contribution >= 4 is 39.1 Å². The fraction of sp³-hybridized carbons (Fsp3) is 0.250. The van der Waals surface area contributed by atoms with Crippen LogP contribution in [0.1, 0.15) is 12.1 Å². The third kappa shape index (κ3) is 3.73. The van der Waals surface area contributed by atoms with E-state index in [1.807, 2.05) is 41.1 Å². The first-order chi connectivity index (χ1) is 13.5. The monoisotopic (exact) mass is 442 g/mol. The van der Waals surface area contributed by atoms with Crippen LogP contribution < -0.4 is 15.0 Å². The highest BCUT2D eigenvalue weighted by Gasteiger charge is 2.35. The van der Waals surface area contributed by atoms with Crippen LogP contribution in [-0.2, 0) is 16.1 Å². The number of rotatable bonds is 5. The quantitative estimate of drug-likeness (QED) is 0.658. The average Bonchev–Trinajstić information content (AvgIpc) is 3.29. The van der Waals surface area contributed by atoms with E-state index in [-0.39, 0.29) is 24.2 Å². The standard InChI is InChI=1S/C20H19BrN4O3/c1-28-17-5-3-16(4-6-17)25-10-13(8-19(25)26)20(27)22-9-15-12-24-11-14(21)2-7-18(24)23-15/h2-7,11-13H,8-10H2,1H3,(H,22,27). The van der Waals surface area contributed by atoms with Crippen molar-refractivity contribution in [1.29, 1.82) is 0 Å². The van der Waals surface area contributed by atoms with Gasteiger partial charge in [0.25, 0.3) is 0 Å². The predicted octanol–water partition coefficient (Wildman–Crippen LogP) is 2.77. The van der Waals surface area contributed by atoms with Crippen molar-refractivity contribution in [2.45, 2.75) is 13.0 Å². The van der Waals surface area contributed by atoms with Crippen LogP contribution in [-0.4, -0.2) is 34.9 Å². The van der Waals surface area contributed by atoms with Gasteiger partial charge >= 0.3 is 0 Å². The van der Waals surface area contributed by atoms with Crippen LogP contribution in [0, 0.1) is 5.92 Å². The molecule has 2 amide bonds. The molecule has 0 radical (unpaired) electrons. The van der Waals surface area contributed by atoms with Crippen molar-refractivity contribution in [2.75, 3.05) is 18.6 Å². The number of carbonyl (C=O) groups is 2. The van der Waals surface area contributed by atoms with Crippen LogP contribution in [0.15, 0.2) is 53.3 Å². The highest BCUT2D eigenvalue weighted by molar-refractivity contribution is 9.10. The van der Waals surface area contributed by atoms with Gasteiger partial charge in [0.2, 0.25) is 11.8 Å². The predicted molar refractivity (Wildman–Crippen MR) is 108 cm³/mol. The Morgan fingerprint density at radius 3 is 2.79 bits per heavy atom.